The summed E-state index contributed by atoms with van der Waals surface area (Å²) in [7, 11) is 0. The molecule has 2 aliphatic heterocycles. The van der Waals surface area contributed by atoms with Gasteiger partial charge in [-0.15, -0.1) is 24.8 Å². The number of rotatable bonds is 4. The lowest BCUT2D eigenvalue weighted by Crippen LogP contribution is -2.37. The van der Waals surface area contributed by atoms with Crippen LogP contribution in [0, 0.1) is 0 Å². The molecule has 0 spiro atoms. The molecule has 148 valence electrons. The molecule has 0 aliphatic carbocycles. The summed E-state index contributed by atoms with van der Waals surface area (Å²) in [6.07, 6.45) is 2.68. The first-order valence-corrected chi connectivity index (χ1v) is 9.63. The van der Waals surface area contributed by atoms with Crippen molar-refractivity contribution in [2.75, 3.05) is 39.3 Å². The van der Waals surface area contributed by atoms with E-state index in [1.54, 1.807) is 0 Å². The molecule has 0 bridgehead atoms. The Balaban J connectivity index is 0.00000131. The second kappa shape index (κ2) is 10.5. The SMILES string of the molecule is Cl.Cl.Clc1ccc(C2c3ccccc3OCCN2CCN2CCCC2)cc1. The van der Waals surface area contributed by atoms with Crippen LogP contribution in [0.1, 0.15) is 30.0 Å². The minimum atomic E-state index is 0. The van der Waals surface area contributed by atoms with Crippen LogP contribution in [0.5, 0.6) is 5.75 Å². The minimum Gasteiger partial charge on any atom is -0.492 e. The summed E-state index contributed by atoms with van der Waals surface area (Å²) >= 11 is 6.12. The fourth-order valence-corrected chi connectivity index (χ4v) is 4.11. The predicted octanol–water partition coefficient (Wildman–Crippen LogP) is 5.06. The van der Waals surface area contributed by atoms with E-state index in [2.05, 4.69) is 46.2 Å². The van der Waals surface area contributed by atoms with Crippen molar-refractivity contribution < 1.29 is 4.74 Å². The third-order valence-electron chi connectivity index (χ3n) is 5.30. The van der Waals surface area contributed by atoms with E-state index in [-0.39, 0.29) is 30.9 Å². The Morgan fingerprint density at radius 3 is 2.33 bits per heavy atom. The molecule has 27 heavy (non-hydrogen) atoms. The maximum atomic E-state index is 6.12. The Bertz CT molecular complexity index is 705. The molecule has 2 aromatic carbocycles. The molecular formula is C21H27Cl3N2O. The Labute approximate surface area is 179 Å². The lowest BCUT2D eigenvalue weighted by Gasteiger charge is -2.31. The number of ether oxygens (including phenoxy) is 1. The van der Waals surface area contributed by atoms with E-state index >= 15 is 0 Å². The summed E-state index contributed by atoms with van der Waals surface area (Å²) < 4.78 is 6.04. The van der Waals surface area contributed by atoms with Gasteiger partial charge in [-0.3, -0.25) is 4.90 Å². The van der Waals surface area contributed by atoms with Crippen LogP contribution >= 0.6 is 36.4 Å². The zero-order valence-electron chi connectivity index (χ0n) is 15.4. The molecule has 0 amide bonds. The maximum absolute atomic E-state index is 6.12. The highest BCUT2D eigenvalue weighted by atomic mass is 35.5. The summed E-state index contributed by atoms with van der Waals surface area (Å²) in [5, 5.41) is 0.783. The number of fused-ring (bicyclic) bond motifs is 1. The zero-order chi connectivity index (χ0) is 17.1. The quantitative estimate of drug-likeness (QED) is 0.675. The van der Waals surface area contributed by atoms with Crippen molar-refractivity contribution in [1.82, 2.24) is 9.80 Å². The van der Waals surface area contributed by atoms with Crippen molar-refractivity contribution >= 4 is 36.4 Å². The number of hydrogen-bond acceptors (Lipinski definition) is 3. The highest BCUT2D eigenvalue weighted by Gasteiger charge is 2.28. The molecule has 1 fully saturated rings. The van der Waals surface area contributed by atoms with Crippen LogP contribution in [-0.4, -0.2) is 49.1 Å². The summed E-state index contributed by atoms with van der Waals surface area (Å²) in [6.45, 7) is 6.35. The molecule has 1 saturated heterocycles. The number of benzene rings is 2. The zero-order valence-corrected chi connectivity index (χ0v) is 17.7. The van der Waals surface area contributed by atoms with Crippen LogP contribution in [0.3, 0.4) is 0 Å². The van der Waals surface area contributed by atoms with Gasteiger partial charge in [-0.1, -0.05) is 41.9 Å². The first-order chi connectivity index (χ1) is 12.3. The Morgan fingerprint density at radius 1 is 0.889 bits per heavy atom. The van der Waals surface area contributed by atoms with E-state index in [0.29, 0.717) is 0 Å². The number of likely N-dealkylation sites (tertiary alicyclic amines) is 1. The molecule has 3 nitrogen and oxygen atoms in total. The Hall–Kier alpha value is -0.970. The Morgan fingerprint density at radius 2 is 1.59 bits per heavy atom. The molecule has 0 radical (unpaired) electrons. The fraction of sp³-hybridized carbons (Fsp3) is 0.429. The fourth-order valence-electron chi connectivity index (χ4n) is 3.99. The van der Waals surface area contributed by atoms with Gasteiger partial charge >= 0.3 is 0 Å². The lowest BCUT2D eigenvalue weighted by molar-refractivity contribution is 0.177. The average molecular weight is 430 g/mol. The van der Waals surface area contributed by atoms with E-state index in [1.807, 2.05) is 12.1 Å². The second-order valence-corrected chi connectivity index (χ2v) is 7.36. The average Bonchev–Trinajstić information content (AvgIpc) is 3.08. The van der Waals surface area contributed by atoms with Crippen LogP contribution in [-0.2, 0) is 0 Å². The van der Waals surface area contributed by atoms with Gasteiger partial charge in [0.25, 0.3) is 0 Å². The van der Waals surface area contributed by atoms with E-state index in [4.69, 9.17) is 16.3 Å². The van der Waals surface area contributed by atoms with Crippen molar-refractivity contribution in [3.05, 3.63) is 64.7 Å². The van der Waals surface area contributed by atoms with Crippen LogP contribution in [0.2, 0.25) is 5.02 Å². The van der Waals surface area contributed by atoms with Gasteiger partial charge in [-0.05, 0) is 49.7 Å². The highest BCUT2D eigenvalue weighted by molar-refractivity contribution is 6.30. The molecule has 6 heteroatoms. The summed E-state index contributed by atoms with van der Waals surface area (Å²) in [5.41, 5.74) is 2.53. The minimum absolute atomic E-state index is 0. The molecule has 1 atom stereocenters. The standard InChI is InChI=1S/C21H25ClN2O.2ClH/c22-18-9-7-17(8-10-18)21-19-5-1-2-6-20(19)25-16-15-24(21)14-13-23-11-3-4-12-23;;/h1-2,5-10,21H,3-4,11-16H2;2*1H. The molecule has 0 N–H and O–H groups in total. The maximum Gasteiger partial charge on any atom is 0.124 e. The van der Waals surface area contributed by atoms with Gasteiger partial charge < -0.3 is 9.64 Å². The number of hydrogen-bond donors (Lipinski definition) is 0. The highest BCUT2D eigenvalue weighted by Crippen LogP contribution is 2.36. The van der Waals surface area contributed by atoms with Crippen molar-refractivity contribution in [2.24, 2.45) is 0 Å². The van der Waals surface area contributed by atoms with Gasteiger partial charge in [0.05, 0.1) is 6.04 Å². The molecule has 4 rings (SSSR count). The van der Waals surface area contributed by atoms with Crippen LogP contribution in [0.4, 0.5) is 0 Å². The van der Waals surface area contributed by atoms with Crippen LogP contribution < -0.4 is 4.74 Å². The monoisotopic (exact) mass is 428 g/mol. The molecule has 2 aromatic rings. The molecule has 0 saturated carbocycles. The first kappa shape index (κ1) is 22.3. The molecular weight excluding hydrogens is 403 g/mol. The predicted molar refractivity (Wildman–Crippen MR) is 117 cm³/mol. The molecule has 2 heterocycles. The van der Waals surface area contributed by atoms with E-state index in [1.165, 1.54) is 37.1 Å². The van der Waals surface area contributed by atoms with Gasteiger partial charge in [0.1, 0.15) is 12.4 Å². The summed E-state index contributed by atoms with van der Waals surface area (Å²) in [6, 6.07) is 16.9. The van der Waals surface area contributed by atoms with Gasteiger partial charge in [-0.2, -0.15) is 0 Å². The number of para-hydroxylation sites is 1. The largest absolute Gasteiger partial charge is 0.492 e. The van der Waals surface area contributed by atoms with Gasteiger partial charge in [0.2, 0.25) is 0 Å². The third-order valence-corrected chi connectivity index (χ3v) is 5.55. The molecule has 0 aromatic heterocycles. The van der Waals surface area contributed by atoms with E-state index < -0.39 is 0 Å². The summed E-state index contributed by atoms with van der Waals surface area (Å²) in [5.74, 6) is 1.01. The molecule has 2 aliphatic rings. The van der Waals surface area contributed by atoms with Crippen LogP contribution in [0.15, 0.2) is 48.5 Å². The Kier molecular flexibility index (Phi) is 8.71. The van der Waals surface area contributed by atoms with Gasteiger partial charge in [-0.25, -0.2) is 0 Å². The topological polar surface area (TPSA) is 15.7 Å². The smallest absolute Gasteiger partial charge is 0.124 e. The second-order valence-electron chi connectivity index (χ2n) is 6.93. The number of halogens is 3. The number of nitrogens with zero attached hydrogens (tertiary/aromatic N) is 2. The van der Waals surface area contributed by atoms with Crippen molar-refractivity contribution in [3.8, 4) is 5.75 Å². The van der Waals surface area contributed by atoms with Gasteiger partial charge in [0.15, 0.2) is 0 Å². The molecule has 1 unspecified atom stereocenters. The van der Waals surface area contributed by atoms with E-state index in [9.17, 15) is 0 Å². The summed E-state index contributed by atoms with van der Waals surface area (Å²) in [4.78, 5) is 5.14. The van der Waals surface area contributed by atoms with E-state index in [0.717, 1.165) is 37.0 Å². The van der Waals surface area contributed by atoms with Crippen LogP contribution in [0.25, 0.3) is 0 Å². The first-order valence-electron chi connectivity index (χ1n) is 9.25. The normalized spacial score (nSPS) is 20.0. The van der Waals surface area contributed by atoms with Gasteiger partial charge in [0, 0.05) is 30.2 Å². The van der Waals surface area contributed by atoms with Crippen molar-refractivity contribution in [1.29, 1.82) is 0 Å². The van der Waals surface area contributed by atoms with Crippen molar-refractivity contribution in [3.63, 3.8) is 0 Å². The lowest BCUT2D eigenvalue weighted by atomic mass is 9.96. The van der Waals surface area contributed by atoms with Crippen molar-refractivity contribution in [2.45, 2.75) is 18.9 Å². The third kappa shape index (κ3) is 5.30.